The summed E-state index contributed by atoms with van der Waals surface area (Å²) >= 11 is 4.87. The van der Waals surface area contributed by atoms with Gasteiger partial charge in [-0.05, 0) is 40.4 Å². The third-order valence-corrected chi connectivity index (χ3v) is 4.87. The van der Waals surface area contributed by atoms with Crippen molar-refractivity contribution in [2.75, 3.05) is 20.2 Å². The van der Waals surface area contributed by atoms with Crippen molar-refractivity contribution in [3.05, 3.63) is 20.8 Å². The Kier molecular flexibility index (Phi) is 4.22. The number of carbonyl (C=O) groups excluding carboxylic acids is 1. The summed E-state index contributed by atoms with van der Waals surface area (Å²) in [5.41, 5.74) is 0. The fourth-order valence-electron chi connectivity index (χ4n) is 2.11. The lowest BCUT2D eigenvalue weighted by molar-refractivity contribution is -0.00138. The van der Waals surface area contributed by atoms with E-state index >= 15 is 0 Å². The highest BCUT2D eigenvalue weighted by Gasteiger charge is 2.29. The fraction of sp³-hybridized carbons (Fsp3) is 0.583. The van der Waals surface area contributed by atoms with E-state index < -0.39 is 0 Å². The van der Waals surface area contributed by atoms with Crippen LogP contribution in [0.15, 0.2) is 15.9 Å². The van der Waals surface area contributed by atoms with Crippen molar-refractivity contribution in [3.63, 3.8) is 0 Å². The Bertz CT molecular complexity index is 407. The summed E-state index contributed by atoms with van der Waals surface area (Å²) in [7, 11) is 1.72. The molecule has 0 aliphatic carbocycles. The Labute approximate surface area is 114 Å². The van der Waals surface area contributed by atoms with Crippen molar-refractivity contribution >= 4 is 33.2 Å². The third kappa shape index (κ3) is 2.89. The van der Waals surface area contributed by atoms with Crippen LogP contribution in [0.1, 0.15) is 23.0 Å². The smallest absolute Gasteiger partial charge is 0.264 e. The van der Waals surface area contributed by atoms with Crippen LogP contribution < -0.4 is 0 Å². The first-order valence-corrected chi connectivity index (χ1v) is 7.30. The minimum atomic E-state index is 0.120. The van der Waals surface area contributed by atoms with Gasteiger partial charge in [-0.15, -0.1) is 11.3 Å². The number of rotatable bonds is 2. The minimum Gasteiger partial charge on any atom is -0.379 e. The highest BCUT2D eigenvalue weighted by molar-refractivity contribution is 9.11. The largest absolute Gasteiger partial charge is 0.379 e. The molecule has 94 valence electrons. The summed E-state index contributed by atoms with van der Waals surface area (Å²) in [5, 5.41) is 0. The van der Waals surface area contributed by atoms with Gasteiger partial charge in [-0.1, -0.05) is 6.92 Å². The van der Waals surface area contributed by atoms with Gasteiger partial charge < -0.3 is 9.64 Å². The maximum atomic E-state index is 12.2. The van der Waals surface area contributed by atoms with Crippen LogP contribution in [0.3, 0.4) is 0 Å². The number of halogens is 1. The lowest BCUT2D eigenvalue weighted by atomic mass is 9.96. The minimum absolute atomic E-state index is 0.120. The number of ether oxygens (including phenoxy) is 1. The molecule has 1 aliphatic heterocycles. The molecule has 2 rings (SSSR count). The van der Waals surface area contributed by atoms with Gasteiger partial charge in [0.05, 0.1) is 14.8 Å². The molecular weight excluding hydrogens is 302 g/mol. The average Bonchev–Trinajstić information content (AvgIpc) is 2.75. The molecule has 0 saturated carbocycles. The second kappa shape index (κ2) is 5.50. The Hall–Kier alpha value is -0.390. The van der Waals surface area contributed by atoms with Gasteiger partial charge in [-0.25, -0.2) is 0 Å². The number of hydrogen-bond donors (Lipinski definition) is 0. The predicted octanol–water partition coefficient (Wildman–Crippen LogP) is 3.01. The molecule has 0 aromatic carbocycles. The van der Waals surface area contributed by atoms with Crippen LogP contribution in [0.4, 0.5) is 0 Å². The SMILES string of the molecule is COC1CN(C(=O)c2ccc(Br)s2)CCC1C. The van der Waals surface area contributed by atoms with Crippen LogP contribution in [0.5, 0.6) is 0 Å². The maximum absolute atomic E-state index is 12.2. The molecule has 0 bridgehead atoms. The molecule has 2 unspecified atom stereocenters. The van der Waals surface area contributed by atoms with Crippen molar-refractivity contribution in [2.45, 2.75) is 19.4 Å². The van der Waals surface area contributed by atoms with Crippen LogP contribution in [0.25, 0.3) is 0 Å². The Morgan fingerprint density at radius 1 is 1.59 bits per heavy atom. The van der Waals surface area contributed by atoms with Gasteiger partial charge in [0.2, 0.25) is 0 Å². The number of amides is 1. The number of carbonyl (C=O) groups is 1. The average molecular weight is 318 g/mol. The van der Waals surface area contributed by atoms with E-state index in [0.29, 0.717) is 12.5 Å². The van der Waals surface area contributed by atoms with Crippen LogP contribution in [0, 0.1) is 5.92 Å². The molecule has 1 fully saturated rings. The topological polar surface area (TPSA) is 29.5 Å². The Morgan fingerprint density at radius 3 is 2.94 bits per heavy atom. The van der Waals surface area contributed by atoms with Crippen LogP contribution >= 0.6 is 27.3 Å². The van der Waals surface area contributed by atoms with Crippen molar-refractivity contribution in [1.82, 2.24) is 4.90 Å². The lowest BCUT2D eigenvalue weighted by Gasteiger charge is -2.36. The van der Waals surface area contributed by atoms with Gasteiger partial charge in [0, 0.05) is 20.2 Å². The van der Waals surface area contributed by atoms with Gasteiger partial charge in [-0.2, -0.15) is 0 Å². The summed E-state index contributed by atoms with van der Waals surface area (Å²) < 4.78 is 6.42. The maximum Gasteiger partial charge on any atom is 0.264 e. The first-order chi connectivity index (χ1) is 8.11. The molecule has 5 heteroatoms. The first-order valence-electron chi connectivity index (χ1n) is 5.69. The van der Waals surface area contributed by atoms with Crippen molar-refractivity contribution in [2.24, 2.45) is 5.92 Å². The number of piperidine rings is 1. The van der Waals surface area contributed by atoms with Gasteiger partial charge in [-0.3, -0.25) is 4.79 Å². The molecule has 2 atom stereocenters. The van der Waals surface area contributed by atoms with Crippen LogP contribution in [0.2, 0.25) is 0 Å². The number of hydrogen-bond acceptors (Lipinski definition) is 3. The van der Waals surface area contributed by atoms with E-state index in [9.17, 15) is 4.79 Å². The zero-order valence-corrected chi connectivity index (χ0v) is 12.4. The van der Waals surface area contributed by atoms with Crippen molar-refractivity contribution < 1.29 is 9.53 Å². The molecule has 0 spiro atoms. The van der Waals surface area contributed by atoms with Crippen molar-refractivity contribution in [1.29, 1.82) is 0 Å². The fourth-order valence-corrected chi connectivity index (χ4v) is 3.46. The summed E-state index contributed by atoms with van der Waals surface area (Å²) in [6, 6.07) is 3.79. The van der Waals surface area contributed by atoms with Gasteiger partial charge in [0.25, 0.3) is 5.91 Å². The van der Waals surface area contributed by atoms with E-state index in [2.05, 4.69) is 22.9 Å². The number of likely N-dealkylation sites (tertiary alicyclic amines) is 1. The van der Waals surface area contributed by atoms with Gasteiger partial charge in [0.15, 0.2) is 0 Å². The predicted molar refractivity (Wildman–Crippen MR) is 72.5 cm³/mol. The van der Waals surface area contributed by atoms with E-state index in [1.165, 1.54) is 11.3 Å². The highest BCUT2D eigenvalue weighted by Crippen LogP contribution is 2.26. The summed E-state index contributed by atoms with van der Waals surface area (Å²) in [4.78, 5) is 14.9. The number of nitrogens with zero attached hydrogens (tertiary/aromatic N) is 1. The molecule has 1 aromatic rings. The van der Waals surface area contributed by atoms with E-state index in [-0.39, 0.29) is 12.0 Å². The van der Waals surface area contributed by atoms with Gasteiger partial charge in [0.1, 0.15) is 0 Å². The third-order valence-electron chi connectivity index (χ3n) is 3.26. The monoisotopic (exact) mass is 317 g/mol. The molecule has 1 aromatic heterocycles. The zero-order chi connectivity index (χ0) is 12.4. The first kappa shape index (κ1) is 13.1. The summed E-state index contributed by atoms with van der Waals surface area (Å²) in [6.07, 6.45) is 1.17. The van der Waals surface area contributed by atoms with E-state index in [1.807, 2.05) is 17.0 Å². The van der Waals surface area contributed by atoms with E-state index in [0.717, 1.165) is 21.6 Å². The molecular formula is C12H16BrNO2S. The molecule has 17 heavy (non-hydrogen) atoms. The normalized spacial score (nSPS) is 25.0. The molecule has 2 heterocycles. The van der Waals surface area contributed by atoms with E-state index in [4.69, 9.17) is 4.74 Å². The second-order valence-corrected chi connectivity index (χ2v) is 6.86. The standard InChI is InChI=1S/C12H16BrNO2S/c1-8-5-6-14(7-9(8)16-2)12(15)10-3-4-11(13)17-10/h3-4,8-9H,5-7H2,1-2H3. The second-order valence-electron chi connectivity index (χ2n) is 4.40. The Morgan fingerprint density at radius 2 is 2.35 bits per heavy atom. The summed E-state index contributed by atoms with van der Waals surface area (Å²) in [6.45, 7) is 3.71. The number of methoxy groups -OCH3 is 1. The summed E-state index contributed by atoms with van der Waals surface area (Å²) in [5.74, 6) is 0.647. The molecule has 1 aliphatic rings. The highest BCUT2D eigenvalue weighted by atomic mass is 79.9. The molecule has 1 amide bonds. The number of thiophene rings is 1. The van der Waals surface area contributed by atoms with Crippen LogP contribution in [-0.4, -0.2) is 37.1 Å². The van der Waals surface area contributed by atoms with Gasteiger partial charge >= 0.3 is 0 Å². The quantitative estimate of drug-likeness (QED) is 0.839. The molecule has 3 nitrogen and oxygen atoms in total. The molecule has 0 N–H and O–H groups in total. The molecule has 1 saturated heterocycles. The molecule has 0 radical (unpaired) electrons. The lowest BCUT2D eigenvalue weighted by Crippen LogP contribution is -2.46. The zero-order valence-electron chi connectivity index (χ0n) is 9.98. The van der Waals surface area contributed by atoms with Crippen LogP contribution in [-0.2, 0) is 4.74 Å². The van der Waals surface area contributed by atoms with E-state index in [1.54, 1.807) is 7.11 Å². The van der Waals surface area contributed by atoms with Crippen molar-refractivity contribution in [3.8, 4) is 0 Å². The Balaban J connectivity index is 2.05.